The Morgan fingerprint density at radius 2 is 1.65 bits per heavy atom. The van der Waals surface area contributed by atoms with Gasteiger partial charge in [0.05, 0.1) is 26.1 Å². The van der Waals surface area contributed by atoms with Crippen LogP contribution < -0.4 is 10.1 Å². The van der Waals surface area contributed by atoms with Crippen molar-refractivity contribution in [2.45, 2.75) is 6.61 Å². The number of nitrogens with one attached hydrogen (secondary N) is 1. The summed E-state index contributed by atoms with van der Waals surface area (Å²) in [7, 11) is 1.81. The van der Waals surface area contributed by atoms with E-state index < -0.39 is 5.91 Å². The van der Waals surface area contributed by atoms with E-state index in [0.29, 0.717) is 11.7 Å². The fourth-order valence-electron chi connectivity index (χ4n) is 2.85. The minimum absolute atomic E-state index is 0.0208. The van der Waals surface area contributed by atoms with E-state index >= 15 is 0 Å². The van der Waals surface area contributed by atoms with Crippen LogP contribution in [0.4, 0.5) is 5.95 Å². The fourth-order valence-corrected chi connectivity index (χ4v) is 4.08. The number of imidazole rings is 1. The van der Waals surface area contributed by atoms with Crippen LogP contribution in [0.3, 0.4) is 0 Å². The zero-order chi connectivity index (χ0) is 22.3. The summed E-state index contributed by atoms with van der Waals surface area (Å²) in [6, 6.07) is 10.6. The maximum absolute atomic E-state index is 12.6. The smallest absolute Gasteiger partial charge is 0.293 e. The number of carbonyl (C=O) groups is 1. The molecule has 0 aliphatic carbocycles. The molecule has 1 amide bonds. The van der Waals surface area contributed by atoms with Crippen molar-refractivity contribution < 1.29 is 13.9 Å². The van der Waals surface area contributed by atoms with E-state index in [0.717, 1.165) is 11.0 Å². The molecule has 11 heteroatoms. The Bertz CT molecular complexity index is 1290. The van der Waals surface area contributed by atoms with Gasteiger partial charge in [0.2, 0.25) is 5.95 Å². The highest BCUT2D eigenvalue weighted by Gasteiger charge is 2.21. The summed E-state index contributed by atoms with van der Waals surface area (Å²) in [6.07, 6.45) is 0. The van der Waals surface area contributed by atoms with Crippen LogP contribution in [0.1, 0.15) is 16.3 Å². The Morgan fingerprint density at radius 1 is 1.00 bits per heavy atom. The molecule has 0 saturated heterocycles. The largest absolute Gasteiger partial charge is 0.482 e. The number of halogens is 5. The molecule has 31 heavy (non-hydrogen) atoms. The topological polar surface area (TPSA) is 69.3 Å². The SMILES string of the molecule is Cn1c(NC(=O)c2ccc(COc3c(Cl)c(Cl)c(Cl)c(Cl)c3Cl)o2)nc2ccccc21. The molecule has 6 nitrogen and oxygen atoms in total. The van der Waals surface area contributed by atoms with Gasteiger partial charge in [-0.1, -0.05) is 70.1 Å². The Kier molecular flexibility index (Phi) is 6.28. The van der Waals surface area contributed by atoms with Crippen molar-refractivity contribution in [3.8, 4) is 5.75 Å². The monoisotopic (exact) mass is 517 g/mol. The third kappa shape index (κ3) is 4.19. The summed E-state index contributed by atoms with van der Waals surface area (Å²) in [4.78, 5) is 17.0. The van der Waals surface area contributed by atoms with Gasteiger partial charge >= 0.3 is 0 Å². The van der Waals surface area contributed by atoms with E-state index in [1.54, 1.807) is 10.6 Å². The first-order valence-electron chi connectivity index (χ1n) is 8.73. The molecule has 2 aromatic carbocycles. The number of hydrogen-bond acceptors (Lipinski definition) is 4. The lowest BCUT2D eigenvalue weighted by molar-refractivity contribution is 0.0991. The maximum atomic E-state index is 12.6. The molecule has 4 aromatic rings. The van der Waals surface area contributed by atoms with Crippen LogP contribution in [-0.4, -0.2) is 15.5 Å². The van der Waals surface area contributed by atoms with Crippen LogP contribution in [0.25, 0.3) is 11.0 Å². The van der Waals surface area contributed by atoms with Crippen molar-refractivity contribution in [2.75, 3.05) is 5.32 Å². The predicted octanol–water partition coefficient (Wildman–Crippen LogP) is 7.26. The van der Waals surface area contributed by atoms with E-state index in [1.807, 2.05) is 31.3 Å². The van der Waals surface area contributed by atoms with Crippen molar-refractivity contribution >= 4 is 80.9 Å². The molecule has 2 aromatic heterocycles. The summed E-state index contributed by atoms with van der Waals surface area (Å²) in [5.74, 6) is 0.423. The standard InChI is InChI=1S/C20H12Cl5N3O3/c1-28-11-5-3-2-4-10(11)26-20(28)27-19(29)12-7-6-9(31-12)8-30-18-16(24)14(22)13(21)15(23)17(18)25/h2-7H,8H2,1H3,(H,26,27,29). The lowest BCUT2D eigenvalue weighted by Gasteiger charge is -2.12. The van der Waals surface area contributed by atoms with Crippen LogP contribution in [-0.2, 0) is 13.7 Å². The molecule has 0 aliphatic heterocycles. The van der Waals surface area contributed by atoms with Gasteiger partial charge in [0, 0.05) is 7.05 Å². The molecule has 0 atom stereocenters. The molecule has 0 saturated carbocycles. The lowest BCUT2D eigenvalue weighted by atomic mass is 10.3. The fraction of sp³-hybridized carbons (Fsp3) is 0.100. The van der Waals surface area contributed by atoms with Crippen molar-refractivity contribution in [3.63, 3.8) is 0 Å². The van der Waals surface area contributed by atoms with Crippen molar-refractivity contribution in [1.29, 1.82) is 0 Å². The van der Waals surface area contributed by atoms with Gasteiger partial charge in [0.15, 0.2) is 11.5 Å². The van der Waals surface area contributed by atoms with Gasteiger partial charge in [-0.05, 0) is 24.3 Å². The highest BCUT2D eigenvalue weighted by Crippen LogP contribution is 2.48. The van der Waals surface area contributed by atoms with Gasteiger partial charge in [-0.25, -0.2) is 4.98 Å². The molecule has 0 aliphatic rings. The Morgan fingerprint density at radius 3 is 2.32 bits per heavy atom. The summed E-state index contributed by atoms with van der Waals surface area (Å²) in [6.45, 7) is -0.0761. The maximum Gasteiger partial charge on any atom is 0.293 e. The number of hydrogen-bond donors (Lipinski definition) is 1. The summed E-state index contributed by atoms with van der Waals surface area (Å²) in [5.41, 5.74) is 1.66. The number of carbonyl (C=O) groups excluding carboxylic acids is 1. The van der Waals surface area contributed by atoms with Crippen molar-refractivity contribution in [1.82, 2.24) is 9.55 Å². The highest BCUT2D eigenvalue weighted by atomic mass is 35.5. The average molecular weight is 520 g/mol. The third-order valence-corrected chi connectivity index (χ3v) is 6.67. The number of para-hydroxylation sites is 2. The van der Waals surface area contributed by atoms with Crippen LogP contribution in [0.5, 0.6) is 5.75 Å². The number of furan rings is 1. The molecule has 2 heterocycles. The van der Waals surface area contributed by atoms with Gasteiger partial charge in [-0.2, -0.15) is 0 Å². The van der Waals surface area contributed by atoms with Crippen molar-refractivity contribution in [3.05, 3.63) is 73.0 Å². The molecule has 0 bridgehead atoms. The summed E-state index contributed by atoms with van der Waals surface area (Å²) < 4.78 is 12.9. The molecular weight excluding hydrogens is 508 g/mol. The quantitative estimate of drug-likeness (QED) is 0.222. The highest BCUT2D eigenvalue weighted by molar-refractivity contribution is 6.55. The number of ether oxygens (including phenoxy) is 1. The van der Waals surface area contributed by atoms with Gasteiger partial charge in [0.1, 0.15) is 22.4 Å². The molecule has 0 spiro atoms. The van der Waals surface area contributed by atoms with E-state index in [9.17, 15) is 4.79 Å². The second-order valence-electron chi connectivity index (χ2n) is 6.39. The zero-order valence-electron chi connectivity index (χ0n) is 15.7. The van der Waals surface area contributed by atoms with Gasteiger partial charge in [0.25, 0.3) is 5.91 Å². The van der Waals surface area contributed by atoms with E-state index in [1.165, 1.54) is 6.07 Å². The number of amides is 1. The second kappa shape index (κ2) is 8.81. The number of aromatic nitrogens is 2. The normalized spacial score (nSPS) is 11.2. The third-order valence-electron chi connectivity index (χ3n) is 4.43. The van der Waals surface area contributed by atoms with E-state index in [-0.39, 0.29) is 43.2 Å². The zero-order valence-corrected chi connectivity index (χ0v) is 19.5. The number of nitrogens with zero attached hydrogens (tertiary/aromatic N) is 2. The van der Waals surface area contributed by atoms with Gasteiger partial charge in [-0.15, -0.1) is 0 Å². The van der Waals surface area contributed by atoms with Crippen molar-refractivity contribution in [2.24, 2.45) is 7.05 Å². The van der Waals surface area contributed by atoms with Gasteiger partial charge < -0.3 is 13.7 Å². The number of aryl methyl sites for hydroxylation is 1. The minimum atomic E-state index is -0.460. The lowest BCUT2D eigenvalue weighted by Crippen LogP contribution is -2.14. The van der Waals surface area contributed by atoms with Crippen LogP contribution in [0.15, 0.2) is 40.8 Å². The first-order valence-corrected chi connectivity index (χ1v) is 10.6. The molecule has 0 fully saturated rings. The van der Waals surface area contributed by atoms with Gasteiger partial charge in [-0.3, -0.25) is 10.1 Å². The number of fused-ring (bicyclic) bond motifs is 1. The van der Waals surface area contributed by atoms with Crippen LogP contribution in [0, 0.1) is 0 Å². The molecule has 1 N–H and O–H groups in total. The number of benzene rings is 2. The first-order chi connectivity index (χ1) is 14.8. The van der Waals surface area contributed by atoms with E-state index in [4.69, 9.17) is 67.2 Å². The van der Waals surface area contributed by atoms with Crippen LogP contribution >= 0.6 is 58.0 Å². The average Bonchev–Trinajstić information content (AvgIpc) is 3.36. The Hall–Kier alpha value is -2.09. The molecule has 0 unspecified atom stereocenters. The molecular formula is C20H12Cl5N3O3. The molecule has 4 rings (SSSR count). The van der Waals surface area contributed by atoms with Crippen LogP contribution in [0.2, 0.25) is 25.1 Å². The van der Waals surface area contributed by atoms with E-state index in [2.05, 4.69) is 10.3 Å². The molecule has 160 valence electrons. The first kappa shape index (κ1) is 22.1. The summed E-state index contributed by atoms with van der Waals surface area (Å²) >= 11 is 30.3. The summed E-state index contributed by atoms with van der Waals surface area (Å²) in [5, 5.41) is 2.85. The minimum Gasteiger partial charge on any atom is -0.482 e. The Balaban J connectivity index is 1.49. The molecule has 0 radical (unpaired) electrons. The Labute approximate surface area is 201 Å². The predicted molar refractivity (Wildman–Crippen MR) is 123 cm³/mol. The number of anilines is 1. The number of rotatable bonds is 5. The second-order valence-corrected chi connectivity index (χ2v) is 8.28.